The molecule has 1 saturated heterocycles. The van der Waals surface area contributed by atoms with E-state index in [0.717, 1.165) is 38.8 Å². The lowest BCUT2D eigenvalue weighted by Gasteiger charge is -2.36. The molecule has 19 heavy (non-hydrogen) atoms. The van der Waals surface area contributed by atoms with E-state index >= 15 is 0 Å². The van der Waals surface area contributed by atoms with Gasteiger partial charge in [-0.05, 0) is 25.7 Å². The standard InChI is InChI=1S/C16H34N2O/c1-5-6-7-15(4)17-13-16(12-14(2)3)18-8-10-19-11-9-18/h14-17H,5-13H2,1-4H3. The van der Waals surface area contributed by atoms with Crippen LogP contribution in [0, 0.1) is 5.92 Å². The third-order valence-electron chi connectivity index (χ3n) is 4.00. The molecule has 1 heterocycles. The number of nitrogens with one attached hydrogen (secondary N) is 1. The Kier molecular flexibility index (Phi) is 8.67. The highest BCUT2D eigenvalue weighted by atomic mass is 16.5. The first-order valence-electron chi connectivity index (χ1n) is 8.18. The Bertz CT molecular complexity index is 215. The van der Waals surface area contributed by atoms with E-state index in [2.05, 4.69) is 37.9 Å². The van der Waals surface area contributed by atoms with Gasteiger partial charge in [-0.2, -0.15) is 0 Å². The maximum Gasteiger partial charge on any atom is 0.0594 e. The third kappa shape index (κ3) is 7.28. The topological polar surface area (TPSA) is 24.5 Å². The van der Waals surface area contributed by atoms with Crippen molar-refractivity contribution in [3.63, 3.8) is 0 Å². The summed E-state index contributed by atoms with van der Waals surface area (Å²) in [5, 5.41) is 3.74. The molecule has 0 bridgehead atoms. The van der Waals surface area contributed by atoms with Gasteiger partial charge in [0.1, 0.15) is 0 Å². The zero-order chi connectivity index (χ0) is 14.1. The van der Waals surface area contributed by atoms with E-state index in [9.17, 15) is 0 Å². The van der Waals surface area contributed by atoms with E-state index in [1.807, 2.05) is 0 Å². The van der Waals surface area contributed by atoms with Gasteiger partial charge in [0.15, 0.2) is 0 Å². The van der Waals surface area contributed by atoms with Crippen LogP contribution in [-0.2, 0) is 4.74 Å². The largest absolute Gasteiger partial charge is 0.379 e. The van der Waals surface area contributed by atoms with Crippen LogP contribution in [0.2, 0.25) is 0 Å². The smallest absolute Gasteiger partial charge is 0.0594 e. The van der Waals surface area contributed by atoms with E-state index < -0.39 is 0 Å². The highest BCUT2D eigenvalue weighted by Gasteiger charge is 2.22. The lowest BCUT2D eigenvalue weighted by molar-refractivity contribution is 0.0118. The molecule has 0 aliphatic carbocycles. The summed E-state index contributed by atoms with van der Waals surface area (Å²) in [5.74, 6) is 0.764. The van der Waals surface area contributed by atoms with E-state index in [0.29, 0.717) is 12.1 Å². The Morgan fingerprint density at radius 2 is 1.84 bits per heavy atom. The average molecular weight is 270 g/mol. The van der Waals surface area contributed by atoms with Gasteiger partial charge in [0.25, 0.3) is 0 Å². The van der Waals surface area contributed by atoms with Gasteiger partial charge in [-0.25, -0.2) is 0 Å². The molecule has 0 aromatic rings. The Hall–Kier alpha value is -0.120. The summed E-state index contributed by atoms with van der Waals surface area (Å²) in [7, 11) is 0. The van der Waals surface area contributed by atoms with Crippen molar-refractivity contribution in [1.29, 1.82) is 0 Å². The summed E-state index contributed by atoms with van der Waals surface area (Å²) in [6.45, 7) is 14.4. The number of rotatable bonds is 9. The van der Waals surface area contributed by atoms with Gasteiger partial charge in [0.2, 0.25) is 0 Å². The van der Waals surface area contributed by atoms with Gasteiger partial charge in [0.05, 0.1) is 13.2 Å². The van der Waals surface area contributed by atoms with Crippen molar-refractivity contribution in [3.8, 4) is 0 Å². The van der Waals surface area contributed by atoms with Crippen molar-refractivity contribution in [1.82, 2.24) is 10.2 Å². The van der Waals surface area contributed by atoms with Crippen molar-refractivity contribution >= 4 is 0 Å². The van der Waals surface area contributed by atoms with Gasteiger partial charge in [-0.1, -0.05) is 33.6 Å². The molecule has 114 valence electrons. The zero-order valence-electron chi connectivity index (χ0n) is 13.5. The van der Waals surface area contributed by atoms with Gasteiger partial charge in [-0.3, -0.25) is 4.90 Å². The van der Waals surface area contributed by atoms with Gasteiger partial charge >= 0.3 is 0 Å². The molecule has 1 aliphatic heterocycles. The first-order valence-corrected chi connectivity index (χ1v) is 8.18. The predicted octanol–water partition coefficient (Wildman–Crippen LogP) is 2.90. The molecule has 1 fully saturated rings. The van der Waals surface area contributed by atoms with Crippen LogP contribution in [-0.4, -0.2) is 49.8 Å². The summed E-state index contributed by atoms with van der Waals surface area (Å²) in [4.78, 5) is 2.61. The predicted molar refractivity (Wildman–Crippen MR) is 82.6 cm³/mol. The van der Waals surface area contributed by atoms with E-state index in [1.165, 1.54) is 25.7 Å². The maximum absolute atomic E-state index is 5.47. The van der Waals surface area contributed by atoms with E-state index in [4.69, 9.17) is 4.74 Å². The van der Waals surface area contributed by atoms with Crippen molar-refractivity contribution in [2.75, 3.05) is 32.8 Å². The van der Waals surface area contributed by atoms with E-state index in [-0.39, 0.29) is 0 Å². The molecule has 1 aliphatic rings. The minimum absolute atomic E-state index is 0.649. The normalized spacial score (nSPS) is 20.7. The fraction of sp³-hybridized carbons (Fsp3) is 1.00. The summed E-state index contributed by atoms with van der Waals surface area (Å²) >= 11 is 0. The van der Waals surface area contributed by atoms with Gasteiger partial charge in [0, 0.05) is 31.7 Å². The highest BCUT2D eigenvalue weighted by Crippen LogP contribution is 2.13. The third-order valence-corrected chi connectivity index (χ3v) is 4.00. The Labute approximate surface area is 120 Å². The number of morpholine rings is 1. The van der Waals surface area contributed by atoms with Crippen molar-refractivity contribution in [3.05, 3.63) is 0 Å². The number of ether oxygens (including phenoxy) is 1. The number of hydrogen-bond acceptors (Lipinski definition) is 3. The molecule has 0 saturated carbocycles. The van der Waals surface area contributed by atoms with Gasteiger partial charge < -0.3 is 10.1 Å². The Balaban J connectivity index is 2.35. The summed E-state index contributed by atoms with van der Waals surface area (Å²) in [6, 6.07) is 1.32. The lowest BCUT2D eigenvalue weighted by atomic mass is 10.0. The summed E-state index contributed by atoms with van der Waals surface area (Å²) < 4.78 is 5.47. The molecule has 0 radical (unpaired) electrons. The SMILES string of the molecule is CCCCC(C)NCC(CC(C)C)N1CCOCC1. The molecule has 2 atom stereocenters. The molecular weight excluding hydrogens is 236 g/mol. The van der Waals surface area contributed by atoms with E-state index in [1.54, 1.807) is 0 Å². The zero-order valence-corrected chi connectivity index (χ0v) is 13.5. The number of hydrogen-bond donors (Lipinski definition) is 1. The molecule has 0 aromatic heterocycles. The average Bonchev–Trinajstić information content (AvgIpc) is 2.41. The van der Waals surface area contributed by atoms with Crippen molar-refractivity contribution in [2.45, 2.75) is 65.5 Å². The first kappa shape index (κ1) is 16.9. The van der Waals surface area contributed by atoms with Crippen LogP contribution in [0.25, 0.3) is 0 Å². The lowest BCUT2D eigenvalue weighted by Crippen LogP contribution is -2.49. The molecular formula is C16H34N2O. The first-order chi connectivity index (χ1) is 9.13. The summed E-state index contributed by atoms with van der Waals surface area (Å²) in [6.07, 6.45) is 5.22. The van der Waals surface area contributed by atoms with Crippen LogP contribution < -0.4 is 5.32 Å². The quantitative estimate of drug-likeness (QED) is 0.697. The molecule has 3 nitrogen and oxygen atoms in total. The summed E-state index contributed by atoms with van der Waals surface area (Å²) in [5.41, 5.74) is 0. The van der Waals surface area contributed by atoms with Crippen molar-refractivity contribution < 1.29 is 4.74 Å². The highest BCUT2D eigenvalue weighted by molar-refractivity contribution is 4.78. The van der Waals surface area contributed by atoms with Crippen LogP contribution in [0.5, 0.6) is 0 Å². The van der Waals surface area contributed by atoms with Crippen LogP contribution in [0.3, 0.4) is 0 Å². The fourth-order valence-corrected chi connectivity index (χ4v) is 2.80. The Morgan fingerprint density at radius 1 is 1.16 bits per heavy atom. The van der Waals surface area contributed by atoms with Crippen LogP contribution in [0.1, 0.15) is 53.4 Å². The fourth-order valence-electron chi connectivity index (χ4n) is 2.80. The second kappa shape index (κ2) is 9.73. The molecule has 0 aromatic carbocycles. The second-order valence-electron chi connectivity index (χ2n) is 6.38. The number of nitrogens with zero attached hydrogens (tertiary/aromatic N) is 1. The molecule has 0 spiro atoms. The van der Waals surface area contributed by atoms with Gasteiger partial charge in [-0.15, -0.1) is 0 Å². The molecule has 1 N–H and O–H groups in total. The Morgan fingerprint density at radius 3 is 2.42 bits per heavy atom. The second-order valence-corrected chi connectivity index (χ2v) is 6.38. The van der Waals surface area contributed by atoms with Crippen LogP contribution in [0.15, 0.2) is 0 Å². The molecule has 1 rings (SSSR count). The minimum atomic E-state index is 0.649. The van der Waals surface area contributed by atoms with Crippen LogP contribution in [0.4, 0.5) is 0 Å². The van der Waals surface area contributed by atoms with Crippen LogP contribution >= 0.6 is 0 Å². The maximum atomic E-state index is 5.47. The molecule has 2 unspecified atom stereocenters. The monoisotopic (exact) mass is 270 g/mol. The molecule has 3 heteroatoms. The number of unbranched alkanes of at least 4 members (excludes halogenated alkanes) is 1. The van der Waals surface area contributed by atoms with Crippen molar-refractivity contribution in [2.24, 2.45) is 5.92 Å². The minimum Gasteiger partial charge on any atom is -0.379 e. The molecule has 0 amide bonds.